The average molecular weight is 236 g/mol. The van der Waals surface area contributed by atoms with E-state index in [-0.39, 0.29) is 12.8 Å². The first kappa shape index (κ1) is 17.7. The molecule has 98 valence electrons. The summed E-state index contributed by atoms with van der Waals surface area (Å²) in [5.41, 5.74) is 2.53. The first-order valence-electron chi connectivity index (χ1n) is 5.34. The molecule has 0 unspecified atom stereocenters. The molecule has 5 N–H and O–H groups in total. The molecule has 0 amide bonds. The molecular formula is C9H24N4O3. The minimum atomic E-state index is -0.275. The molecule has 0 aromatic heterocycles. The fraction of sp³-hybridized carbons (Fsp3) is 0.889. The molecular weight excluding hydrogens is 212 g/mol. The maximum atomic E-state index is 10.4. The summed E-state index contributed by atoms with van der Waals surface area (Å²) < 4.78 is 4.45. The van der Waals surface area contributed by atoms with Crippen molar-refractivity contribution in [1.29, 1.82) is 0 Å². The number of rotatable bonds is 7. The van der Waals surface area contributed by atoms with E-state index in [4.69, 9.17) is 5.84 Å². The zero-order valence-electron chi connectivity index (χ0n) is 10.4. The van der Waals surface area contributed by atoms with Crippen molar-refractivity contribution in [3.05, 3.63) is 0 Å². The predicted molar refractivity (Wildman–Crippen MR) is 61.4 cm³/mol. The summed E-state index contributed by atoms with van der Waals surface area (Å²) in [6.07, 6.45) is 1.20. The van der Waals surface area contributed by atoms with E-state index >= 15 is 0 Å². The highest BCUT2D eigenvalue weighted by Gasteiger charge is 1.97. The van der Waals surface area contributed by atoms with Gasteiger partial charge >= 0.3 is 5.97 Å². The molecule has 0 aromatic carbocycles. The quantitative estimate of drug-likeness (QED) is 0.245. The standard InChI is InChI=1S/C5H11NO3.C4H13N3/c1-2-3-5(7)8-4-9-6;1-3-7(4-2)6-5/h2-4,6H2,1H3;6H,3-5H2,1-2H3. The molecule has 0 aliphatic rings. The van der Waals surface area contributed by atoms with Crippen molar-refractivity contribution in [2.75, 3.05) is 19.9 Å². The number of carbonyl (C=O) groups is 1. The molecule has 0 aliphatic heterocycles. The van der Waals surface area contributed by atoms with Crippen LogP contribution < -0.4 is 17.3 Å². The average Bonchev–Trinajstić information content (AvgIpc) is 2.30. The van der Waals surface area contributed by atoms with Gasteiger partial charge in [-0.1, -0.05) is 20.8 Å². The topological polar surface area (TPSA) is 103 Å². The van der Waals surface area contributed by atoms with Crippen molar-refractivity contribution in [2.45, 2.75) is 33.6 Å². The number of nitrogens with two attached hydrogens (primary N) is 2. The maximum absolute atomic E-state index is 10.4. The van der Waals surface area contributed by atoms with Crippen LogP contribution in [-0.4, -0.2) is 30.9 Å². The minimum Gasteiger partial charge on any atom is -0.437 e. The third-order valence-electron chi connectivity index (χ3n) is 1.69. The molecule has 7 heteroatoms. The second-order valence-corrected chi connectivity index (χ2v) is 2.85. The van der Waals surface area contributed by atoms with Gasteiger partial charge in [0.15, 0.2) is 0 Å². The van der Waals surface area contributed by atoms with E-state index in [1.54, 1.807) is 0 Å². The van der Waals surface area contributed by atoms with Crippen molar-refractivity contribution in [1.82, 2.24) is 10.5 Å². The van der Waals surface area contributed by atoms with Crippen molar-refractivity contribution in [3.63, 3.8) is 0 Å². The van der Waals surface area contributed by atoms with Gasteiger partial charge in [0.25, 0.3) is 0 Å². The molecule has 0 rings (SSSR count). The van der Waals surface area contributed by atoms with Crippen molar-refractivity contribution in [2.24, 2.45) is 11.7 Å². The van der Waals surface area contributed by atoms with Crippen LogP contribution in [0.25, 0.3) is 0 Å². The highest BCUT2D eigenvalue weighted by Crippen LogP contribution is 1.89. The summed E-state index contributed by atoms with van der Waals surface area (Å²) in [7, 11) is 0. The first-order chi connectivity index (χ1) is 7.65. The van der Waals surface area contributed by atoms with Crippen LogP contribution >= 0.6 is 0 Å². The van der Waals surface area contributed by atoms with E-state index in [0.717, 1.165) is 19.5 Å². The van der Waals surface area contributed by atoms with Crippen LogP contribution in [0.3, 0.4) is 0 Å². The Kier molecular flexibility index (Phi) is 15.7. The van der Waals surface area contributed by atoms with Crippen molar-refractivity contribution < 1.29 is 14.4 Å². The molecule has 0 saturated heterocycles. The van der Waals surface area contributed by atoms with E-state index in [0.29, 0.717) is 6.42 Å². The molecule has 0 fully saturated rings. The van der Waals surface area contributed by atoms with Gasteiger partial charge in [-0.15, -0.1) is 0 Å². The smallest absolute Gasteiger partial charge is 0.307 e. The summed E-state index contributed by atoms with van der Waals surface area (Å²) in [5, 5.41) is 1.90. The van der Waals surface area contributed by atoms with Crippen LogP contribution in [0.4, 0.5) is 0 Å². The molecule has 0 bridgehead atoms. The maximum Gasteiger partial charge on any atom is 0.307 e. The van der Waals surface area contributed by atoms with Gasteiger partial charge in [0.2, 0.25) is 6.79 Å². The summed E-state index contributed by atoms with van der Waals surface area (Å²) in [4.78, 5) is 14.5. The van der Waals surface area contributed by atoms with E-state index in [1.807, 2.05) is 25.8 Å². The molecule has 0 spiro atoms. The molecule has 0 radical (unpaired) electrons. The fourth-order valence-electron chi connectivity index (χ4n) is 0.782. The van der Waals surface area contributed by atoms with E-state index in [1.165, 1.54) is 0 Å². The van der Waals surface area contributed by atoms with Crippen LogP contribution in [0.2, 0.25) is 0 Å². The predicted octanol–water partition coefficient (Wildman–Crippen LogP) is -0.116. The number of hydrogen-bond acceptors (Lipinski definition) is 7. The molecule has 16 heavy (non-hydrogen) atoms. The molecule has 0 saturated carbocycles. The third-order valence-corrected chi connectivity index (χ3v) is 1.69. The number of nitrogens with zero attached hydrogens (tertiary/aromatic N) is 1. The molecule has 0 atom stereocenters. The number of nitrogens with one attached hydrogen (secondary N) is 1. The van der Waals surface area contributed by atoms with E-state index in [9.17, 15) is 4.79 Å². The van der Waals surface area contributed by atoms with Gasteiger partial charge in [0, 0.05) is 19.5 Å². The van der Waals surface area contributed by atoms with E-state index < -0.39 is 0 Å². The molecule has 0 heterocycles. The van der Waals surface area contributed by atoms with Crippen LogP contribution in [0, 0.1) is 0 Å². The number of hydrogen-bond donors (Lipinski definition) is 3. The second kappa shape index (κ2) is 14.3. The van der Waals surface area contributed by atoms with Crippen LogP contribution in [0.15, 0.2) is 0 Å². The fourth-order valence-corrected chi connectivity index (χ4v) is 0.782. The normalized spacial score (nSPS) is 9.62. The van der Waals surface area contributed by atoms with E-state index in [2.05, 4.69) is 21.0 Å². The van der Waals surface area contributed by atoms with Gasteiger partial charge < -0.3 is 4.74 Å². The monoisotopic (exact) mass is 236 g/mol. The number of esters is 1. The summed E-state index contributed by atoms with van der Waals surface area (Å²) >= 11 is 0. The van der Waals surface area contributed by atoms with Gasteiger partial charge in [-0.2, -0.15) is 5.53 Å². The summed E-state index contributed by atoms with van der Waals surface area (Å²) in [6, 6.07) is 0. The highest BCUT2D eigenvalue weighted by atomic mass is 16.7. The number of ether oxygens (including phenoxy) is 1. The Morgan fingerprint density at radius 2 is 1.88 bits per heavy atom. The van der Waals surface area contributed by atoms with Crippen LogP contribution in [0.1, 0.15) is 33.6 Å². The lowest BCUT2D eigenvalue weighted by Gasteiger charge is -2.14. The number of hydrazine groups is 2. The largest absolute Gasteiger partial charge is 0.437 e. The Morgan fingerprint density at radius 3 is 2.12 bits per heavy atom. The lowest BCUT2D eigenvalue weighted by molar-refractivity contribution is -0.156. The van der Waals surface area contributed by atoms with Gasteiger partial charge in [0.1, 0.15) is 0 Å². The molecule has 0 aliphatic carbocycles. The lowest BCUT2D eigenvalue weighted by Crippen LogP contribution is -2.42. The van der Waals surface area contributed by atoms with Crippen molar-refractivity contribution in [3.8, 4) is 0 Å². The second-order valence-electron chi connectivity index (χ2n) is 2.85. The third kappa shape index (κ3) is 13.3. The Morgan fingerprint density at radius 1 is 1.31 bits per heavy atom. The Balaban J connectivity index is 0. The zero-order chi connectivity index (χ0) is 12.8. The van der Waals surface area contributed by atoms with Crippen molar-refractivity contribution >= 4 is 5.97 Å². The van der Waals surface area contributed by atoms with Crippen LogP contribution in [0.5, 0.6) is 0 Å². The van der Waals surface area contributed by atoms with Crippen LogP contribution in [-0.2, 0) is 14.4 Å². The molecule has 0 aromatic rings. The minimum absolute atomic E-state index is 0.154. The van der Waals surface area contributed by atoms with Gasteiger partial charge in [-0.25, -0.2) is 10.9 Å². The highest BCUT2D eigenvalue weighted by molar-refractivity contribution is 5.69. The van der Waals surface area contributed by atoms with Gasteiger partial charge in [-0.05, 0) is 6.42 Å². The Labute approximate surface area is 96.9 Å². The molecule has 7 nitrogen and oxygen atoms in total. The SMILES string of the molecule is CCCC(=O)OCON.CCN(CC)NN. The first-order valence-corrected chi connectivity index (χ1v) is 5.34. The number of carbonyl (C=O) groups excluding carboxylic acids is 1. The lowest BCUT2D eigenvalue weighted by atomic mass is 10.3. The summed E-state index contributed by atoms with van der Waals surface area (Å²) in [5.74, 6) is 9.39. The Hall–Kier alpha value is -0.730. The summed E-state index contributed by atoms with van der Waals surface area (Å²) in [6.45, 7) is 7.73. The zero-order valence-corrected chi connectivity index (χ0v) is 10.4. The Bertz CT molecular complexity index is 148. The van der Waals surface area contributed by atoms with Gasteiger partial charge in [-0.3, -0.25) is 15.5 Å². The van der Waals surface area contributed by atoms with Gasteiger partial charge in [0.05, 0.1) is 0 Å².